The second-order valence-electron chi connectivity index (χ2n) is 6.52. The number of aromatic nitrogens is 2. The van der Waals surface area contributed by atoms with Gasteiger partial charge in [0.2, 0.25) is 0 Å². The lowest BCUT2D eigenvalue weighted by Gasteiger charge is -2.13. The molecule has 6 nitrogen and oxygen atoms in total. The number of hydrogen-bond donors (Lipinski definition) is 3. The van der Waals surface area contributed by atoms with Gasteiger partial charge in [-0.1, -0.05) is 6.92 Å². The van der Waals surface area contributed by atoms with Crippen molar-refractivity contribution >= 4 is 10.0 Å². The molecular weight excluding hydrogens is 288 g/mol. The van der Waals surface area contributed by atoms with E-state index in [1.54, 1.807) is 0 Å². The van der Waals surface area contributed by atoms with Crippen molar-refractivity contribution in [1.82, 2.24) is 20.2 Å². The molecule has 2 fully saturated rings. The maximum Gasteiger partial charge on any atom is 0.260 e. The predicted octanol–water partition coefficient (Wildman–Crippen LogP) is 1.44. The van der Waals surface area contributed by atoms with Crippen LogP contribution in [-0.4, -0.2) is 30.7 Å². The van der Waals surface area contributed by atoms with Crippen molar-refractivity contribution in [2.75, 3.05) is 0 Å². The average Bonchev–Trinajstić information content (AvgIpc) is 3.04. The largest absolute Gasteiger partial charge is 0.310 e. The van der Waals surface area contributed by atoms with E-state index in [0.29, 0.717) is 18.5 Å². The van der Waals surface area contributed by atoms with Gasteiger partial charge in [0.1, 0.15) is 0 Å². The van der Waals surface area contributed by atoms with Crippen molar-refractivity contribution in [3.63, 3.8) is 0 Å². The van der Waals surface area contributed by atoms with Crippen molar-refractivity contribution in [3.05, 3.63) is 11.3 Å². The summed E-state index contributed by atoms with van der Waals surface area (Å²) in [6.45, 7) is 4.59. The van der Waals surface area contributed by atoms with E-state index in [2.05, 4.69) is 27.2 Å². The zero-order valence-electron chi connectivity index (χ0n) is 12.6. The van der Waals surface area contributed by atoms with E-state index in [1.165, 1.54) is 12.8 Å². The molecule has 2 unspecified atom stereocenters. The lowest BCUT2D eigenvalue weighted by Crippen LogP contribution is -2.34. The van der Waals surface area contributed by atoms with E-state index < -0.39 is 10.0 Å². The number of aromatic amines is 1. The van der Waals surface area contributed by atoms with E-state index in [9.17, 15) is 8.42 Å². The molecule has 2 atom stereocenters. The van der Waals surface area contributed by atoms with Gasteiger partial charge in [-0.15, -0.1) is 0 Å². The van der Waals surface area contributed by atoms with Gasteiger partial charge in [-0.05, 0) is 44.9 Å². The molecule has 0 bridgehead atoms. The first-order chi connectivity index (χ1) is 9.95. The van der Waals surface area contributed by atoms with Crippen molar-refractivity contribution in [2.45, 2.75) is 69.6 Å². The van der Waals surface area contributed by atoms with Crippen LogP contribution in [0.5, 0.6) is 0 Å². The predicted molar refractivity (Wildman–Crippen MR) is 80.3 cm³/mol. The van der Waals surface area contributed by atoms with Crippen molar-refractivity contribution in [1.29, 1.82) is 0 Å². The molecule has 3 N–H and O–H groups in total. The van der Waals surface area contributed by atoms with Crippen molar-refractivity contribution in [2.24, 2.45) is 5.92 Å². The highest BCUT2D eigenvalue weighted by Gasteiger charge is 2.30. The minimum absolute atomic E-state index is 0.0475. The van der Waals surface area contributed by atoms with E-state index in [4.69, 9.17) is 0 Å². The molecule has 0 aromatic carbocycles. The van der Waals surface area contributed by atoms with Crippen LogP contribution in [-0.2, 0) is 16.6 Å². The Morgan fingerprint density at radius 2 is 1.95 bits per heavy atom. The fourth-order valence-electron chi connectivity index (χ4n) is 2.98. The Bertz CT molecular complexity index is 606. The summed E-state index contributed by atoms with van der Waals surface area (Å²) in [4.78, 5) is 0. The fourth-order valence-corrected chi connectivity index (χ4v) is 4.46. The molecule has 0 saturated heterocycles. The Hall–Kier alpha value is -0.920. The summed E-state index contributed by atoms with van der Waals surface area (Å²) in [6.07, 6.45) is 5.27. The Balaban J connectivity index is 1.74. The van der Waals surface area contributed by atoms with E-state index in [1.807, 2.05) is 6.92 Å². The number of rotatable bonds is 6. The highest BCUT2D eigenvalue weighted by molar-refractivity contribution is 7.89. The molecule has 2 aliphatic rings. The minimum Gasteiger partial charge on any atom is -0.310 e. The van der Waals surface area contributed by atoms with E-state index in [0.717, 1.165) is 30.5 Å². The van der Waals surface area contributed by atoms with Gasteiger partial charge in [0.15, 0.2) is 5.03 Å². The van der Waals surface area contributed by atoms with Crippen molar-refractivity contribution in [3.8, 4) is 0 Å². The van der Waals surface area contributed by atoms with Crippen LogP contribution < -0.4 is 10.0 Å². The topological polar surface area (TPSA) is 86.9 Å². The number of hydrogen-bond acceptors (Lipinski definition) is 4. The third kappa shape index (κ3) is 3.46. The summed E-state index contributed by atoms with van der Waals surface area (Å²) in [5.41, 5.74) is 1.59. The number of nitrogens with zero attached hydrogens (tertiary/aromatic N) is 1. The van der Waals surface area contributed by atoms with Crippen molar-refractivity contribution < 1.29 is 8.42 Å². The van der Waals surface area contributed by atoms with Gasteiger partial charge in [0, 0.05) is 29.9 Å². The first-order valence-corrected chi connectivity index (χ1v) is 9.23. The van der Waals surface area contributed by atoms with Gasteiger partial charge < -0.3 is 5.32 Å². The average molecular weight is 312 g/mol. The maximum absolute atomic E-state index is 12.6. The molecule has 3 rings (SSSR count). The fraction of sp³-hybridized carbons (Fsp3) is 0.786. The quantitative estimate of drug-likeness (QED) is 0.742. The van der Waals surface area contributed by atoms with Crippen LogP contribution >= 0.6 is 0 Å². The molecule has 1 aromatic rings. The molecule has 0 radical (unpaired) electrons. The van der Waals surface area contributed by atoms with Gasteiger partial charge in [-0.3, -0.25) is 5.10 Å². The number of aryl methyl sites for hydroxylation is 1. The smallest absolute Gasteiger partial charge is 0.260 e. The van der Waals surface area contributed by atoms with Crippen LogP contribution in [0.1, 0.15) is 50.3 Å². The Kier molecular flexibility index (Phi) is 4.07. The SMILES string of the molecule is Cc1[nH]nc(S(=O)(=O)NC2CCC(C)C2)c1CNC1CC1. The van der Waals surface area contributed by atoms with Crippen LogP contribution in [0.25, 0.3) is 0 Å². The molecule has 0 amide bonds. The zero-order chi connectivity index (χ0) is 15.0. The second-order valence-corrected chi connectivity index (χ2v) is 8.15. The summed E-state index contributed by atoms with van der Waals surface area (Å²) >= 11 is 0. The second kappa shape index (κ2) is 5.70. The summed E-state index contributed by atoms with van der Waals surface area (Å²) in [5.74, 6) is 0.592. The van der Waals surface area contributed by atoms with Crippen LogP contribution in [0.2, 0.25) is 0 Å². The monoisotopic (exact) mass is 312 g/mol. The molecule has 2 aliphatic carbocycles. The van der Waals surface area contributed by atoms with Gasteiger partial charge in [-0.25, -0.2) is 13.1 Å². The third-order valence-electron chi connectivity index (χ3n) is 4.45. The molecular formula is C14H24N4O2S. The summed E-state index contributed by atoms with van der Waals surface area (Å²) in [6, 6.07) is 0.588. The molecule has 2 saturated carbocycles. The lowest BCUT2D eigenvalue weighted by molar-refractivity contribution is 0.534. The molecule has 7 heteroatoms. The highest BCUT2D eigenvalue weighted by atomic mass is 32.2. The summed E-state index contributed by atoms with van der Waals surface area (Å²) in [7, 11) is -3.54. The van der Waals surface area contributed by atoms with Crippen LogP contribution in [0.4, 0.5) is 0 Å². The van der Waals surface area contributed by atoms with Crippen LogP contribution in [0, 0.1) is 12.8 Å². The third-order valence-corrected chi connectivity index (χ3v) is 5.94. The minimum atomic E-state index is -3.54. The Labute approximate surface area is 126 Å². The Morgan fingerprint density at radius 3 is 2.57 bits per heavy atom. The normalized spacial score (nSPS) is 26.4. The summed E-state index contributed by atoms with van der Waals surface area (Å²) in [5, 5.41) is 10.4. The number of nitrogens with one attached hydrogen (secondary N) is 3. The Morgan fingerprint density at radius 1 is 1.24 bits per heavy atom. The van der Waals surface area contributed by atoms with E-state index in [-0.39, 0.29) is 11.1 Å². The molecule has 21 heavy (non-hydrogen) atoms. The van der Waals surface area contributed by atoms with Gasteiger partial charge in [0.25, 0.3) is 10.0 Å². The molecule has 0 spiro atoms. The summed E-state index contributed by atoms with van der Waals surface area (Å²) < 4.78 is 28.0. The number of sulfonamides is 1. The van der Waals surface area contributed by atoms with E-state index >= 15 is 0 Å². The van der Waals surface area contributed by atoms with Gasteiger partial charge in [-0.2, -0.15) is 5.10 Å². The first kappa shape index (κ1) is 15.0. The molecule has 118 valence electrons. The number of H-pyrrole nitrogens is 1. The molecule has 1 heterocycles. The maximum atomic E-state index is 12.6. The van der Waals surface area contributed by atoms with Gasteiger partial charge in [0.05, 0.1) is 0 Å². The molecule has 1 aromatic heterocycles. The van der Waals surface area contributed by atoms with Gasteiger partial charge >= 0.3 is 0 Å². The lowest BCUT2D eigenvalue weighted by atomic mass is 10.1. The zero-order valence-corrected chi connectivity index (χ0v) is 13.5. The van der Waals surface area contributed by atoms with Crippen LogP contribution in [0.15, 0.2) is 5.03 Å². The van der Waals surface area contributed by atoms with Crippen LogP contribution in [0.3, 0.4) is 0 Å². The highest BCUT2D eigenvalue weighted by Crippen LogP contribution is 2.27. The standard InChI is InChI=1S/C14H24N4O2S/c1-9-3-4-12(7-9)18-21(19,20)14-13(10(2)16-17-14)8-15-11-5-6-11/h9,11-12,15,18H,3-8H2,1-2H3,(H,16,17). The molecule has 0 aliphatic heterocycles. The first-order valence-electron chi connectivity index (χ1n) is 7.75.